The van der Waals surface area contributed by atoms with E-state index in [1.54, 1.807) is 10.7 Å². The highest BCUT2D eigenvalue weighted by Crippen LogP contribution is 2.25. The molecular weight excluding hydrogens is 340 g/mol. The van der Waals surface area contributed by atoms with Crippen molar-refractivity contribution in [3.63, 3.8) is 0 Å². The highest BCUT2D eigenvalue weighted by Gasteiger charge is 2.28. The second-order valence-electron chi connectivity index (χ2n) is 8.94. The molecular formula is C21H30N4O2. The van der Waals surface area contributed by atoms with Gasteiger partial charge in [-0.3, -0.25) is 9.69 Å². The van der Waals surface area contributed by atoms with Crippen molar-refractivity contribution in [1.29, 1.82) is 0 Å². The van der Waals surface area contributed by atoms with Crippen LogP contribution in [-0.4, -0.2) is 32.3 Å². The van der Waals surface area contributed by atoms with Crippen LogP contribution in [0.15, 0.2) is 21.3 Å². The van der Waals surface area contributed by atoms with Crippen molar-refractivity contribution in [3.8, 4) is 0 Å². The average Bonchev–Trinajstić information content (AvgIpc) is 3.22. The van der Waals surface area contributed by atoms with Gasteiger partial charge in [-0.1, -0.05) is 20.8 Å². The molecule has 0 bridgehead atoms. The number of fused-ring (bicyclic) bond motifs is 1. The van der Waals surface area contributed by atoms with Gasteiger partial charge in [-0.2, -0.15) is 5.10 Å². The third-order valence-corrected chi connectivity index (χ3v) is 5.75. The van der Waals surface area contributed by atoms with Crippen LogP contribution in [-0.2, 0) is 31.3 Å². The molecule has 1 fully saturated rings. The Bertz CT molecular complexity index is 838. The molecule has 2 aromatic heterocycles. The summed E-state index contributed by atoms with van der Waals surface area (Å²) in [5.74, 6) is 1.92. The Morgan fingerprint density at radius 3 is 2.78 bits per heavy atom. The van der Waals surface area contributed by atoms with Crippen LogP contribution in [0.2, 0.25) is 0 Å². The molecule has 3 heterocycles. The fraction of sp³-hybridized carbons (Fsp3) is 0.667. The number of hydrogen-bond acceptors (Lipinski definition) is 5. The summed E-state index contributed by atoms with van der Waals surface area (Å²) in [7, 11) is 0. The van der Waals surface area contributed by atoms with E-state index in [1.165, 1.54) is 12.8 Å². The first kappa shape index (κ1) is 18.4. The zero-order valence-corrected chi connectivity index (χ0v) is 16.7. The number of aryl methyl sites for hydroxylation is 2. The van der Waals surface area contributed by atoms with Crippen molar-refractivity contribution in [2.24, 2.45) is 0 Å². The number of likely N-dealkylation sites (tertiary alicyclic amines) is 1. The lowest BCUT2D eigenvalue weighted by Crippen LogP contribution is -2.37. The van der Waals surface area contributed by atoms with E-state index in [0.717, 1.165) is 61.8 Å². The SMILES string of the molecule is CC(C)(C)c1ccc(=O)n(CC2CCCN2Cc2nc3c(o2)CCCC3)n1. The third-order valence-electron chi connectivity index (χ3n) is 5.75. The molecule has 1 aliphatic carbocycles. The second kappa shape index (κ2) is 7.23. The molecule has 1 saturated heterocycles. The molecule has 0 radical (unpaired) electrons. The van der Waals surface area contributed by atoms with Gasteiger partial charge in [0.2, 0.25) is 5.89 Å². The van der Waals surface area contributed by atoms with E-state index in [1.807, 2.05) is 6.07 Å². The van der Waals surface area contributed by atoms with Crippen LogP contribution in [0.5, 0.6) is 0 Å². The Hall–Kier alpha value is -1.95. The topological polar surface area (TPSA) is 64.2 Å². The predicted octanol–water partition coefficient (Wildman–Crippen LogP) is 3.07. The Balaban J connectivity index is 1.49. The number of oxazole rings is 1. The van der Waals surface area contributed by atoms with Gasteiger partial charge in [-0.15, -0.1) is 0 Å². The first-order valence-corrected chi connectivity index (χ1v) is 10.2. The molecule has 2 aromatic rings. The summed E-state index contributed by atoms with van der Waals surface area (Å²) in [4.78, 5) is 19.5. The van der Waals surface area contributed by atoms with Gasteiger partial charge < -0.3 is 4.42 Å². The number of hydrogen-bond donors (Lipinski definition) is 0. The van der Waals surface area contributed by atoms with Gasteiger partial charge in [0.05, 0.1) is 24.5 Å². The standard InChI is InChI=1S/C21H30N4O2/c1-21(2,3)18-10-11-20(26)25(23-18)13-15-7-6-12-24(15)14-19-22-16-8-4-5-9-17(16)27-19/h10-11,15H,4-9,12-14H2,1-3H3. The van der Waals surface area contributed by atoms with Crippen LogP contribution in [0, 0.1) is 0 Å². The highest BCUT2D eigenvalue weighted by molar-refractivity contribution is 5.13. The van der Waals surface area contributed by atoms with Gasteiger partial charge in [0.15, 0.2) is 0 Å². The fourth-order valence-corrected chi connectivity index (χ4v) is 4.14. The smallest absolute Gasteiger partial charge is 0.266 e. The van der Waals surface area contributed by atoms with Crippen LogP contribution in [0.25, 0.3) is 0 Å². The molecule has 27 heavy (non-hydrogen) atoms. The maximum atomic E-state index is 12.3. The molecule has 6 heteroatoms. The average molecular weight is 370 g/mol. The minimum Gasteiger partial charge on any atom is -0.444 e. The maximum Gasteiger partial charge on any atom is 0.266 e. The van der Waals surface area contributed by atoms with E-state index in [0.29, 0.717) is 12.6 Å². The molecule has 2 aliphatic rings. The lowest BCUT2D eigenvalue weighted by molar-refractivity contribution is 0.195. The van der Waals surface area contributed by atoms with Gasteiger partial charge in [-0.05, 0) is 44.7 Å². The summed E-state index contributed by atoms with van der Waals surface area (Å²) in [5.41, 5.74) is 2.01. The van der Waals surface area contributed by atoms with Gasteiger partial charge >= 0.3 is 0 Å². The molecule has 1 aliphatic heterocycles. The van der Waals surface area contributed by atoms with E-state index in [2.05, 4.69) is 30.8 Å². The van der Waals surface area contributed by atoms with E-state index < -0.39 is 0 Å². The minimum atomic E-state index is -0.0675. The largest absolute Gasteiger partial charge is 0.444 e. The van der Waals surface area contributed by atoms with E-state index >= 15 is 0 Å². The van der Waals surface area contributed by atoms with Crippen molar-refractivity contribution in [2.75, 3.05) is 6.54 Å². The van der Waals surface area contributed by atoms with Crippen molar-refractivity contribution >= 4 is 0 Å². The number of aromatic nitrogens is 3. The number of nitrogens with zero attached hydrogens (tertiary/aromatic N) is 4. The van der Waals surface area contributed by atoms with Crippen LogP contribution in [0.1, 0.15) is 69.5 Å². The summed E-state index contributed by atoms with van der Waals surface area (Å²) in [6.45, 7) is 8.74. The van der Waals surface area contributed by atoms with Crippen molar-refractivity contribution in [3.05, 3.63) is 45.5 Å². The zero-order valence-electron chi connectivity index (χ0n) is 16.7. The Morgan fingerprint density at radius 2 is 2.00 bits per heavy atom. The first-order valence-electron chi connectivity index (χ1n) is 10.2. The Morgan fingerprint density at radius 1 is 1.19 bits per heavy atom. The van der Waals surface area contributed by atoms with Gasteiger partial charge in [0, 0.05) is 23.9 Å². The van der Waals surface area contributed by atoms with Crippen LogP contribution >= 0.6 is 0 Å². The van der Waals surface area contributed by atoms with Crippen molar-refractivity contribution in [1.82, 2.24) is 19.7 Å². The molecule has 0 spiro atoms. The molecule has 146 valence electrons. The molecule has 1 unspecified atom stereocenters. The molecule has 0 amide bonds. The minimum absolute atomic E-state index is 0.0264. The van der Waals surface area contributed by atoms with Crippen molar-refractivity contribution < 1.29 is 4.42 Å². The molecule has 6 nitrogen and oxygen atoms in total. The molecule has 0 aromatic carbocycles. The van der Waals surface area contributed by atoms with Gasteiger partial charge in [-0.25, -0.2) is 9.67 Å². The summed E-state index contributed by atoms with van der Waals surface area (Å²) >= 11 is 0. The van der Waals surface area contributed by atoms with E-state index in [4.69, 9.17) is 9.40 Å². The summed E-state index contributed by atoms with van der Waals surface area (Å²) in [5, 5.41) is 4.64. The van der Waals surface area contributed by atoms with Crippen LogP contribution < -0.4 is 5.56 Å². The molecule has 4 rings (SSSR count). The molecule has 0 N–H and O–H groups in total. The summed E-state index contributed by atoms with van der Waals surface area (Å²) in [6, 6.07) is 3.80. The van der Waals surface area contributed by atoms with E-state index in [9.17, 15) is 4.79 Å². The third kappa shape index (κ3) is 4.00. The first-order chi connectivity index (χ1) is 12.9. The predicted molar refractivity (Wildman–Crippen MR) is 104 cm³/mol. The lowest BCUT2D eigenvalue weighted by Gasteiger charge is -2.24. The monoisotopic (exact) mass is 370 g/mol. The Labute approximate surface area is 160 Å². The molecule has 1 atom stereocenters. The van der Waals surface area contributed by atoms with Crippen LogP contribution in [0.4, 0.5) is 0 Å². The normalized spacial score (nSPS) is 20.8. The fourth-order valence-electron chi connectivity index (χ4n) is 4.14. The second-order valence-corrected chi connectivity index (χ2v) is 8.94. The highest BCUT2D eigenvalue weighted by atomic mass is 16.4. The van der Waals surface area contributed by atoms with E-state index in [-0.39, 0.29) is 11.0 Å². The quantitative estimate of drug-likeness (QED) is 0.828. The maximum absolute atomic E-state index is 12.3. The number of rotatable bonds is 4. The summed E-state index contributed by atoms with van der Waals surface area (Å²) in [6.07, 6.45) is 6.69. The van der Waals surface area contributed by atoms with Crippen LogP contribution in [0.3, 0.4) is 0 Å². The van der Waals surface area contributed by atoms with Gasteiger partial charge in [0.25, 0.3) is 5.56 Å². The molecule has 0 saturated carbocycles. The van der Waals surface area contributed by atoms with Crippen molar-refractivity contribution in [2.45, 2.75) is 83.8 Å². The van der Waals surface area contributed by atoms with Gasteiger partial charge in [0.1, 0.15) is 5.76 Å². The summed E-state index contributed by atoms with van der Waals surface area (Å²) < 4.78 is 7.66. The zero-order chi connectivity index (χ0) is 19.0. The lowest BCUT2D eigenvalue weighted by atomic mass is 9.92. The Kier molecular flexibility index (Phi) is 4.93.